The summed E-state index contributed by atoms with van der Waals surface area (Å²) in [6.07, 6.45) is 1.81. The van der Waals surface area contributed by atoms with Crippen molar-refractivity contribution in [1.29, 1.82) is 0 Å². The Hall–Kier alpha value is -0.870. The fraction of sp³-hybridized carbons (Fsp3) is 0.300. The average Bonchev–Trinajstić information content (AvgIpc) is 2.57. The Morgan fingerprint density at radius 1 is 1.43 bits per heavy atom. The predicted molar refractivity (Wildman–Crippen MR) is 59.1 cm³/mol. The zero-order chi connectivity index (χ0) is 9.97. The summed E-state index contributed by atoms with van der Waals surface area (Å²) in [5.41, 5.74) is 7.28. The van der Waals surface area contributed by atoms with E-state index in [0.29, 0.717) is 6.54 Å². The van der Waals surface area contributed by atoms with E-state index in [1.165, 1.54) is 0 Å². The summed E-state index contributed by atoms with van der Waals surface area (Å²) in [4.78, 5) is 0. The molecule has 0 saturated carbocycles. The Morgan fingerprint density at radius 2 is 2.29 bits per heavy atom. The van der Waals surface area contributed by atoms with Gasteiger partial charge in [0.2, 0.25) is 0 Å². The first kappa shape index (κ1) is 9.68. The molecule has 0 radical (unpaired) electrons. The molecule has 2 N–H and O–H groups in total. The van der Waals surface area contributed by atoms with Crippen LogP contribution in [0.3, 0.4) is 0 Å². The molecular formula is C10H11BrN2O. The van der Waals surface area contributed by atoms with Crippen LogP contribution in [0.1, 0.15) is 12.1 Å². The quantitative estimate of drug-likeness (QED) is 0.916. The van der Waals surface area contributed by atoms with Crippen molar-refractivity contribution in [1.82, 2.24) is 5.16 Å². The van der Waals surface area contributed by atoms with E-state index in [9.17, 15) is 0 Å². The second kappa shape index (κ2) is 4.11. The molecule has 2 aromatic rings. The lowest BCUT2D eigenvalue weighted by atomic mass is 10.1. The van der Waals surface area contributed by atoms with Crippen LogP contribution in [-0.2, 0) is 6.42 Å². The third-order valence-corrected chi connectivity index (χ3v) is 2.62. The van der Waals surface area contributed by atoms with E-state index in [0.717, 1.165) is 34.0 Å². The maximum absolute atomic E-state index is 5.45. The van der Waals surface area contributed by atoms with Crippen molar-refractivity contribution in [3.8, 4) is 0 Å². The van der Waals surface area contributed by atoms with Gasteiger partial charge < -0.3 is 10.3 Å². The minimum atomic E-state index is 0.683. The van der Waals surface area contributed by atoms with Crippen LogP contribution in [0, 0.1) is 0 Å². The van der Waals surface area contributed by atoms with Gasteiger partial charge in [-0.05, 0) is 37.6 Å². The Labute approximate surface area is 90.4 Å². The van der Waals surface area contributed by atoms with Crippen molar-refractivity contribution in [3.63, 3.8) is 0 Å². The molecule has 74 valence electrons. The summed E-state index contributed by atoms with van der Waals surface area (Å²) in [6.45, 7) is 0.683. The second-order valence-electron chi connectivity index (χ2n) is 3.16. The highest BCUT2D eigenvalue weighted by Crippen LogP contribution is 2.23. The van der Waals surface area contributed by atoms with Crippen LogP contribution in [0.4, 0.5) is 0 Å². The number of benzene rings is 1. The van der Waals surface area contributed by atoms with E-state index in [1.54, 1.807) is 0 Å². The van der Waals surface area contributed by atoms with Gasteiger partial charge in [-0.2, -0.15) is 0 Å². The molecule has 0 aliphatic carbocycles. The van der Waals surface area contributed by atoms with E-state index in [4.69, 9.17) is 10.3 Å². The van der Waals surface area contributed by atoms with Crippen molar-refractivity contribution in [2.24, 2.45) is 5.73 Å². The van der Waals surface area contributed by atoms with Crippen LogP contribution >= 0.6 is 15.9 Å². The van der Waals surface area contributed by atoms with Gasteiger partial charge >= 0.3 is 0 Å². The molecule has 0 spiro atoms. The average molecular weight is 255 g/mol. The molecule has 0 fully saturated rings. The van der Waals surface area contributed by atoms with Crippen molar-refractivity contribution in [2.75, 3.05) is 6.54 Å². The number of aromatic nitrogens is 1. The van der Waals surface area contributed by atoms with Crippen molar-refractivity contribution < 1.29 is 4.52 Å². The first-order valence-corrected chi connectivity index (χ1v) is 5.34. The number of hydrogen-bond donors (Lipinski definition) is 1. The number of nitrogens with two attached hydrogens (primary N) is 1. The molecule has 0 aliphatic heterocycles. The summed E-state index contributed by atoms with van der Waals surface area (Å²) in [6, 6.07) is 5.89. The fourth-order valence-corrected chi connectivity index (χ4v) is 1.77. The van der Waals surface area contributed by atoms with Gasteiger partial charge in [-0.15, -0.1) is 0 Å². The SMILES string of the molecule is NCCCc1noc2ccc(Br)cc12. The van der Waals surface area contributed by atoms with E-state index in [2.05, 4.69) is 21.1 Å². The molecule has 0 bridgehead atoms. The highest BCUT2D eigenvalue weighted by atomic mass is 79.9. The van der Waals surface area contributed by atoms with Crippen LogP contribution in [0.5, 0.6) is 0 Å². The van der Waals surface area contributed by atoms with Crippen molar-refractivity contribution >= 4 is 26.9 Å². The van der Waals surface area contributed by atoms with Crippen LogP contribution in [0.25, 0.3) is 11.0 Å². The summed E-state index contributed by atoms with van der Waals surface area (Å²) in [5.74, 6) is 0. The molecule has 1 heterocycles. The summed E-state index contributed by atoms with van der Waals surface area (Å²) >= 11 is 3.43. The van der Waals surface area contributed by atoms with E-state index >= 15 is 0 Å². The third kappa shape index (κ3) is 1.81. The standard InChI is InChI=1S/C10H11BrN2O/c11-7-3-4-10-8(6-7)9(13-14-10)2-1-5-12/h3-4,6H,1-2,5,12H2. The van der Waals surface area contributed by atoms with Gasteiger partial charge in [-0.1, -0.05) is 21.1 Å². The number of nitrogens with zero attached hydrogens (tertiary/aromatic N) is 1. The van der Waals surface area contributed by atoms with Gasteiger partial charge in [0.05, 0.1) is 5.69 Å². The molecule has 2 rings (SSSR count). The molecule has 0 unspecified atom stereocenters. The predicted octanol–water partition coefficient (Wildman–Crippen LogP) is 2.48. The summed E-state index contributed by atoms with van der Waals surface area (Å²) < 4.78 is 6.23. The smallest absolute Gasteiger partial charge is 0.167 e. The third-order valence-electron chi connectivity index (χ3n) is 2.12. The fourth-order valence-electron chi connectivity index (χ4n) is 1.41. The van der Waals surface area contributed by atoms with E-state index in [-0.39, 0.29) is 0 Å². The lowest BCUT2D eigenvalue weighted by Gasteiger charge is -1.94. The van der Waals surface area contributed by atoms with Crippen molar-refractivity contribution in [2.45, 2.75) is 12.8 Å². The van der Waals surface area contributed by atoms with Gasteiger partial charge in [0.15, 0.2) is 5.58 Å². The maximum Gasteiger partial charge on any atom is 0.167 e. The molecule has 0 atom stereocenters. The van der Waals surface area contributed by atoms with E-state index < -0.39 is 0 Å². The lowest BCUT2D eigenvalue weighted by Crippen LogP contribution is -2.00. The number of aryl methyl sites for hydroxylation is 1. The highest BCUT2D eigenvalue weighted by Gasteiger charge is 2.07. The normalized spacial score (nSPS) is 11.0. The first-order chi connectivity index (χ1) is 6.81. The monoisotopic (exact) mass is 254 g/mol. The minimum Gasteiger partial charge on any atom is -0.356 e. The molecule has 0 saturated heterocycles. The first-order valence-electron chi connectivity index (χ1n) is 4.55. The largest absolute Gasteiger partial charge is 0.356 e. The van der Waals surface area contributed by atoms with Crippen LogP contribution < -0.4 is 5.73 Å². The number of hydrogen-bond acceptors (Lipinski definition) is 3. The van der Waals surface area contributed by atoms with Crippen LogP contribution in [0.15, 0.2) is 27.2 Å². The Balaban J connectivity index is 2.40. The molecule has 4 heteroatoms. The summed E-state index contributed by atoms with van der Waals surface area (Å²) in [7, 11) is 0. The molecule has 14 heavy (non-hydrogen) atoms. The Kier molecular flexibility index (Phi) is 2.84. The zero-order valence-corrected chi connectivity index (χ0v) is 9.25. The second-order valence-corrected chi connectivity index (χ2v) is 4.08. The number of fused-ring (bicyclic) bond motifs is 1. The van der Waals surface area contributed by atoms with Gasteiger partial charge in [-0.3, -0.25) is 0 Å². The van der Waals surface area contributed by atoms with Gasteiger partial charge in [0, 0.05) is 9.86 Å². The summed E-state index contributed by atoms with van der Waals surface area (Å²) in [5, 5.41) is 5.10. The molecular weight excluding hydrogens is 244 g/mol. The van der Waals surface area contributed by atoms with E-state index in [1.807, 2.05) is 18.2 Å². The topological polar surface area (TPSA) is 52.0 Å². The molecule has 0 aliphatic rings. The Morgan fingerprint density at radius 3 is 3.07 bits per heavy atom. The molecule has 3 nitrogen and oxygen atoms in total. The van der Waals surface area contributed by atoms with Gasteiger partial charge in [-0.25, -0.2) is 0 Å². The Bertz CT molecular complexity index is 439. The molecule has 1 aromatic heterocycles. The van der Waals surface area contributed by atoms with Gasteiger partial charge in [0.1, 0.15) is 0 Å². The maximum atomic E-state index is 5.45. The molecule has 0 amide bonds. The number of halogens is 1. The highest BCUT2D eigenvalue weighted by molar-refractivity contribution is 9.10. The van der Waals surface area contributed by atoms with Crippen molar-refractivity contribution in [3.05, 3.63) is 28.4 Å². The van der Waals surface area contributed by atoms with Gasteiger partial charge in [0.25, 0.3) is 0 Å². The lowest BCUT2D eigenvalue weighted by molar-refractivity contribution is 0.445. The molecule has 1 aromatic carbocycles. The minimum absolute atomic E-state index is 0.683. The number of rotatable bonds is 3. The van der Waals surface area contributed by atoms with Crippen LogP contribution in [-0.4, -0.2) is 11.7 Å². The zero-order valence-electron chi connectivity index (χ0n) is 7.66. The van der Waals surface area contributed by atoms with Crippen LogP contribution in [0.2, 0.25) is 0 Å².